The van der Waals surface area contributed by atoms with Crippen LogP contribution in [0.25, 0.3) is 65.1 Å². The average molecular weight is 822 g/mol. The van der Waals surface area contributed by atoms with Gasteiger partial charge in [-0.05, 0) is 87.0 Å². The van der Waals surface area contributed by atoms with Crippen molar-refractivity contribution in [2.45, 2.75) is 5.41 Å². The summed E-state index contributed by atoms with van der Waals surface area (Å²) >= 11 is 1.85. The molecule has 63 heavy (non-hydrogen) atoms. The standard InChI is InChI=1S/C59H39N3S/c1-4-16-41(17-5-1)54-39-57(61-58(60-54)42-18-6-2-7-19-42)62(46-33-28-40(29-34-46)43-30-37-56-51(38-43)50-24-12-15-27-55(50)63-56)47-35-31-45(32-36-47)59(44-20-8-3-9-21-44)52-25-13-10-22-48(52)49-23-11-14-26-53(49)59/h1-39H. The topological polar surface area (TPSA) is 29.0 Å². The molecule has 0 amide bonds. The quantitative estimate of drug-likeness (QED) is 0.153. The van der Waals surface area contributed by atoms with Crippen molar-refractivity contribution in [2.75, 3.05) is 4.90 Å². The molecule has 2 heterocycles. The van der Waals surface area contributed by atoms with Crippen molar-refractivity contribution < 1.29 is 0 Å². The van der Waals surface area contributed by atoms with Crippen molar-refractivity contribution in [3.63, 3.8) is 0 Å². The minimum atomic E-state index is -0.496. The molecule has 1 aliphatic carbocycles. The van der Waals surface area contributed by atoms with Gasteiger partial charge in [0.1, 0.15) is 5.82 Å². The zero-order chi connectivity index (χ0) is 41.7. The predicted octanol–water partition coefficient (Wildman–Crippen LogP) is 15.7. The van der Waals surface area contributed by atoms with Gasteiger partial charge in [0.2, 0.25) is 0 Å². The van der Waals surface area contributed by atoms with E-state index in [-0.39, 0.29) is 0 Å². The number of benzene rings is 9. The molecular formula is C59H39N3S. The molecule has 0 fully saturated rings. The third-order valence-electron chi connectivity index (χ3n) is 12.6. The molecular weight excluding hydrogens is 783 g/mol. The van der Waals surface area contributed by atoms with Crippen LogP contribution in [0.3, 0.4) is 0 Å². The number of fused-ring (bicyclic) bond motifs is 6. The van der Waals surface area contributed by atoms with E-state index in [4.69, 9.17) is 9.97 Å². The molecule has 0 unspecified atom stereocenters. The van der Waals surface area contributed by atoms with E-state index < -0.39 is 5.41 Å². The minimum Gasteiger partial charge on any atom is -0.295 e. The summed E-state index contributed by atoms with van der Waals surface area (Å²) in [7, 11) is 0. The lowest BCUT2D eigenvalue weighted by molar-refractivity contribution is 0.768. The van der Waals surface area contributed by atoms with Crippen LogP contribution >= 0.6 is 11.3 Å². The highest BCUT2D eigenvalue weighted by atomic mass is 32.1. The summed E-state index contributed by atoms with van der Waals surface area (Å²) in [5.74, 6) is 1.45. The van der Waals surface area contributed by atoms with Gasteiger partial charge < -0.3 is 0 Å². The summed E-state index contributed by atoms with van der Waals surface area (Å²) in [5.41, 5.74) is 14.3. The van der Waals surface area contributed by atoms with Gasteiger partial charge in [-0.3, -0.25) is 4.90 Å². The van der Waals surface area contributed by atoms with Gasteiger partial charge in [-0.15, -0.1) is 11.3 Å². The van der Waals surface area contributed by atoms with Gasteiger partial charge in [0.15, 0.2) is 5.82 Å². The minimum absolute atomic E-state index is 0.496. The zero-order valence-corrected chi connectivity index (χ0v) is 35.1. The molecule has 0 radical (unpaired) electrons. The fourth-order valence-corrected chi connectivity index (χ4v) is 10.8. The van der Waals surface area contributed by atoms with E-state index in [9.17, 15) is 0 Å². The normalized spacial score (nSPS) is 12.6. The van der Waals surface area contributed by atoms with E-state index in [1.807, 2.05) is 35.6 Å². The molecule has 3 nitrogen and oxygen atoms in total. The predicted molar refractivity (Wildman–Crippen MR) is 263 cm³/mol. The number of anilines is 3. The van der Waals surface area contributed by atoms with E-state index >= 15 is 0 Å². The third kappa shape index (κ3) is 6.18. The smallest absolute Gasteiger partial charge is 0.162 e. The van der Waals surface area contributed by atoms with Gasteiger partial charge in [0.25, 0.3) is 0 Å². The maximum atomic E-state index is 5.36. The maximum absolute atomic E-state index is 5.36. The molecule has 4 heteroatoms. The van der Waals surface area contributed by atoms with Crippen LogP contribution in [0, 0.1) is 0 Å². The number of hydrogen-bond donors (Lipinski definition) is 0. The molecule has 0 N–H and O–H groups in total. The van der Waals surface area contributed by atoms with E-state index in [2.05, 4.69) is 217 Å². The van der Waals surface area contributed by atoms with Crippen LogP contribution in [0.15, 0.2) is 237 Å². The van der Waals surface area contributed by atoms with Crippen molar-refractivity contribution in [1.82, 2.24) is 9.97 Å². The molecule has 0 saturated carbocycles. The maximum Gasteiger partial charge on any atom is 0.162 e. The van der Waals surface area contributed by atoms with E-state index in [0.29, 0.717) is 5.82 Å². The lowest BCUT2D eigenvalue weighted by Crippen LogP contribution is -2.28. The molecule has 0 aliphatic heterocycles. The van der Waals surface area contributed by atoms with Crippen LogP contribution in [0.4, 0.5) is 17.2 Å². The molecule has 11 aromatic rings. The Hall–Kier alpha value is -7.92. The SMILES string of the molecule is c1ccc(-c2cc(N(c3ccc(-c4ccc5sc6ccccc6c5c4)cc3)c3ccc(C4(c5ccccc5)c5ccccc5-c5ccccc54)cc3)nc(-c3ccccc3)n2)cc1. The Morgan fingerprint density at radius 2 is 0.889 bits per heavy atom. The fourth-order valence-electron chi connectivity index (χ4n) is 9.72. The van der Waals surface area contributed by atoms with Gasteiger partial charge in [-0.1, -0.05) is 188 Å². The Balaban J connectivity index is 1.03. The first kappa shape index (κ1) is 36.9. The van der Waals surface area contributed by atoms with Crippen molar-refractivity contribution in [2.24, 2.45) is 0 Å². The molecule has 0 saturated heterocycles. The van der Waals surface area contributed by atoms with Crippen molar-refractivity contribution in [3.05, 3.63) is 259 Å². The average Bonchev–Trinajstić information content (AvgIpc) is 3.89. The first-order valence-corrected chi connectivity index (χ1v) is 22.2. The fraction of sp³-hybridized carbons (Fsp3) is 0.0169. The van der Waals surface area contributed by atoms with Gasteiger partial charge in [-0.25, -0.2) is 9.97 Å². The van der Waals surface area contributed by atoms with Gasteiger partial charge in [-0.2, -0.15) is 0 Å². The molecule has 0 spiro atoms. The number of aromatic nitrogens is 2. The largest absolute Gasteiger partial charge is 0.295 e. The lowest BCUT2D eigenvalue weighted by Gasteiger charge is -2.34. The van der Waals surface area contributed by atoms with Gasteiger partial charge in [0.05, 0.1) is 11.1 Å². The monoisotopic (exact) mass is 821 g/mol. The summed E-state index contributed by atoms with van der Waals surface area (Å²) in [4.78, 5) is 12.8. The van der Waals surface area contributed by atoms with E-state index in [1.165, 1.54) is 59.1 Å². The summed E-state index contributed by atoms with van der Waals surface area (Å²) in [6.07, 6.45) is 0. The highest BCUT2D eigenvalue weighted by molar-refractivity contribution is 7.25. The van der Waals surface area contributed by atoms with Crippen LogP contribution in [0.1, 0.15) is 22.3 Å². The van der Waals surface area contributed by atoms with Crippen LogP contribution in [-0.2, 0) is 5.41 Å². The molecule has 12 rings (SSSR count). The Bertz CT molecular complexity index is 3330. The van der Waals surface area contributed by atoms with Crippen molar-refractivity contribution in [3.8, 4) is 44.9 Å². The lowest BCUT2D eigenvalue weighted by atomic mass is 9.68. The molecule has 2 aromatic heterocycles. The summed E-state index contributed by atoms with van der Waals surface area (Å²) in [5, 5.41) is 2.60. The number of rotatable bonds is 8. The Labute approximate surface area is 370 Å². The number of hydrogen-bond acceptors (Lipinski definition) is 4. The summed E-state index contributed by atoms with van der Waals surface area (Å²) < 4.78 is 2.62. The summed E-state index contributed by atoms with van der Waals surface area (Å²) in [6, 6.07) is 85.2. The first-order valence-electron chi connectivity index (χ1n) is 21.4. The molecule has 1 aliphatic rings. The number of thiophene rings is 1. The zero-order valence-electron chi connectivity index (χ0n) is 34.3. The van der Waals surface area contributed by atoms with E-state index in [1.54, 1.807) is 0 Å². The highest BCUT2D eigenvalue weighted by Gasteiger charge is 2.45. The molecule has 296 valence electrons. The first-order chi connectivity index (χ1) is 31.2. The Morgan fingerprint density at radius 1 is 0.365 bits per heavy atom. The van der Waals surface area contributed by atoms with Crippen LogP contribution in [0.2, 0.25) is 0 Å². The van der Waals surface area contributed by atoms with Crippen LogP contribution in [-0.4, -0.2) is 9.97 Å². The van der Waals surface area contributed by atoms with Gasteiger partial charge >= 0.3 is 0 Å². The second kappa shape index (κ2) is 15.2. The second-order valence-corrected chi connectivity index (χ2v) is 17.2. The second-order valence-electron chi connectivity index (χ2n) is 16.1. The van der Waals surface area contributed by atoms with Gasteiger partial charge in [0, 0.05) is 48.7 Å². The van der Waals surface area contributed by atoms with Crippen LogP contribution in [0.5, 0.6) is 0 Å². The Kier molecular flexibility index (Phi) is 8.91. The number of nitrogens with zero attached hydrogens (tertiary/aromatic N) is 3. The third-order valence-corrected chi connectivity index (χ3v) is 13.7. The molecule has 0 bridgehead atoms. The highest BCUT2D eigenvalue weighted by Crippen LogP contribution is 2.56. The Morgan fingerprint density at radius 3 is 1.57 bits per heavy atom. The summed E-state index contributed by atoms with van der Waals surface area (Å²) in [6.45, 7) is 0. The molecule has 9 aromatic carbocycles. The van der Waals surface area contributed by atoms with Crippen LogP contribution < -0.4 is 4.90 Å². The van der Waals surface area contributed by atoms with E-state index in [0.717, 1.165) is 39.6 Å². The van der Waals surface area contributed by atoms with Crippen molar-refractivity contribution in [1.29, 1.82) is 0 Å². The van der Waals surface area contributed by atoms with Crippen molar-refractivity contribution >= 4 is 48.7 Å². The molecule has 0 atom stereocenters.